The summed E-state index contributed by atoms with van der Waals surface area (Å²) in [5.74, 6) is 0. The van der Waals surface area contributed by atoms with Gasteiger partial charge in [0.15, 0.2) is 0 Å². The van der Waals surface area contributed by atoms with Crippen molar-refractivity contribution in [3.8, 4) is 0 Å². The van der Waals surface area contributed by atoms with Crippen LogP contribution in [0.3, 0.4) is 0 Å². The third-order valence-electron chi connectivity index (χ3n) is 3.04. The van der Waals surface area contributed by atoms with Crippen LogP contribution in [-0.2, 0) is 4.74 Å². The first-order valence-electron chi connectivity index (χ1n) is 6.44. The van der Waals surface area contributed by atoms with Crippen molar-refractivity contribution >= 4 is 16.6 Å². The van der Waals surface area contributed by atoms with Crippen LogP contribution in [0.4, 0.5) is 5.69 Å². The quantitative estimate of drug-likeness (QED) is 0.761. The summed E-state index contributed by atoms with van der Waals surface area (Å²) in [6.45, 7) is 3.44. The predicted octanol–water partition coefficient (Wildman–Crippen LogP) is 1.30. The second kappa shape index (κ2) is 7.01. The number of methoxy groups -OCH3 is 1. The number of rotatable bonds is 7. The SMILES string of the molecule is COCCNCCN(C)c1cnnc2ccccc12. The van der Waals surface area contributed by atoms with Crippen molar-refractivity contribution in [2.24, 2.45) is 0 Å². The van der Waals surface area contributed by atoms with Gasteiger partial charge in [-0.05, 0) is 6.07 Å². The molecule has 0 amide bonds. The van der Waals surface area contributed by atoms with Crippen molar-refractivity contribution in [3.05, 3.63) is 30.5 Å². The van der Waals surface area contributed by atoms with Crippen LogP contribution in [0, 0.1) is 0 Å². The Kier molecular flexibility index (Phi) is 5.06. The molecule has 0 spiro atoms. The monoisotopic (exact) mass is 260 g/mol. The Bertz CT molecular complexity index is 512. The van der Waals surface area contributed by atoms with Crippen molar-refractivity contribution < 1.29 is 4.74 Å². The van der Waals surface area contributed by atoms with Gasteiger partial charge in [0.25, 0.3) is 0 Å². The Morgan fingerprint density at radius 3 is 2.95 bits per heavy atom. The van der Waals surface area contributed by atoms with Crippen molar-refractivity contribution in [2.75, 3.05) is 45.3 Å². The number of hydrogen-bond acceptors (Lipinski definition) is 5. The number of hydrogen-bond donors (Lipinski definition) is 1. The lowest BCUT2D eigenvalue weighted by Gasteiger charge is -2.20. The van der Waals surface area contributed by atoms with Crippen LogP contribution in [0.2, 0.25) is 0 Å². The number of benzene rings is 1. The van der Waals surface area contributed by atoms with Gasteiger partial charge in [-0.15, -0.1) is 0 Å². The van der Waals surface area contributed by atoms with Gasteiger partial charge in [0.2, 0.25) is 0 Å². The van der Waals surface area contributed by atoms with Gasteiger partial charge in [0.05, 0.1) is 24.0 Å². The summed E-state index contributed by atoms with van der Waals surface area (Å²) in [5.41, 5.74) is 2.04. The van der Waals surface area contributed by atoms with Gasteiger partial charge in [-0.1, -0.05) is 18.2 Å². The van der Waals surface area contributed by atoms with Crippen molar-refractivity contribution in [2.45, 2.75) is 0 Å². The Morgan fingerprint density at radius 2 is 2.11 bits per heavy atom. The molecule has 0 saturated carbocycles. The fraction of sp³-hybridized carbons (Fsp3) is 0.429. The number of nitrogens with one attached hydrogen (secondary N) is 1. The Labute approximate surface area is 113 Å². The van der Waals surface area contributed by atoms with E-state index in [1.54, 1.807) is 7.11 Å². The maximum Gasteiger partial charge on any atom is 0.0950 e. The fourth-order valence-corrected chi connectivity index (χ4v) is 1.96. The minimum Gasteiger partial charge on any atom is -0.383 e. The van der Waals surface area contributed by atoms with E-state index < -0.39 is 0 Å². The topological polar surface area (TPSA) is 50.3 Å². The summed E-state index contributed by atoms with van der Waals surface area (Å²) >= 11 is 0. The van der Waals surface area contributed by atoms with Gasteiger partial charge in [0, 0.05) is 39.2 Å². The minimum absolute atomic E-state index is 0.740. The molecule has 0 unspecified atom stereocenters. The molecule has 0 radical (unpaired) electrons. The summed E-state index contributed by atoms with van der Waals surface area (Å²) in [4.78, 5) is 2.19. The first-order chi connectivity index (χ1) is 9.33. The summed E-state index contributed by atoms with van der Waals surface area (Å²) in [5, 5.41) is 12.7. The molecule has 5 heteroatoms. The Morgan fingerprint density at radius 1 is 1.26 bits per heavy atom. The molecule has 1 heterocycles. The molecule has 0 aliphatic heterocycles. The second-order valence-electron chi connectivity index (χ2n) is 4.41. The molecule has 0 atom stereocenters. The van der Waals surface area contributed by atoms with Gasteiger partial charge in [0.1, 0.15) is 0 Å². The van der Waals surface area contributed by atoms with Gasteiger partial charge < -0.3 is 15.0 Å². The van der Waals surface area contributed by atoms with E-state index in [4.69, 9.17) is 4.74 Å². The Hall–Kier alpha value is -1.72. The molecule has 2 rings (SSSR count). The zero-order valence-electron chi connectivity index (χ0n) is 11.5. The molecule has 0 bridgehead atoms. The van der Waals surface area contributed by atoms with Crippen molar-refractivity contribution in [3.63, 3.8) is 0 Å². The lowest BCUT2D eigenvalue weighted by molar-refractivity contribution is 0.200. The van der Waals surface area contributed by atoms with Gasteiger partial charge >= 0.3 is 0 Å². The molecule has 19 heavy (non-hydrogen) atoms. The van der Waals surface area contributed by atoms with Crippen LogP contribution in [0.25, 0.3) is 10.9 Å². The summed E-state index contributed by atoms with van der Waals surface area (Å²) in [6, 6.07) is 8.07. The number of likely N-dealkylation sites (N-methyl/N-ethyl adjacent to an activating group) is 1. The molecule has 1 aromatic heterocycles. The highest BCUT2D eigenvalue weighted by molar-refractivity contribution is 5.90. The first kappa shape index (κ1) is 13.7. The molecule has 5 nitrogen and oxygen atoms in total. The molecule has 0 aliphatic carbocycles. The van der Waals surface area contributed by atoms with Crippen LogP contribution in [0.5, 0.6) is 0 Å². The molecular weight excluding hydrogens is 240 g/mol. The van der Waals surface area contributed by atoms with Crippen molar-refractivity contribution in [1.82, 2.24) is 15.5 Å². The van der Waals surface area contributed by atoms with Crippen LogP contribution >= 0.6 is 0 Å². The van der Waals surface area contributed by atoms with Gasteiger partial charge in [-0.3, -0.25) is 0 Å². The van der Waals surface area contributed by atoms with E-state index >= 15 is 0 Å². The lowest BCUT2D eigenvalue weighted by Crippen LogP contribution is -2.31. The first-order valence-corrected chi connectivity index (χ1v) is 6.44. The zero-order chi connectivity index (χ0) is 13.5. The van der Waals surface area contributed by atoms with Gasteiger partial charge in [-0.25, -0.2) is 0 Å². The van der Waals surface area contributed by atoms with E-state index in [9.17, 15) is 0 Å². The summed E-state index contributed by atoms with van der Waals surface area (Å²) in [6.07, 6.45) is 1.82. The third kappa shape index (κ3) is 3.62. The normalized spacial score (nSPS) is 10.8. The smallest absolute Gasteiger partial charge is 0.0950 e. The van der Waals surface area contributed by atoms with E-state index in [-0.39, 0.29) is 0 Å². The maximum absolute atomic E-state index is 5.00. The highest BCUT2D eigenvalue weighted by Crippen LogP contribution is 2.22. The molecule has 0 fully saturated rings. The van der Waals surface area contributed by atoms with Crippen LogP contribution in [0.15, 0.2) is 30.5 Å². The predicted molar refractivity (Wildman–Crippen MR) is 77.6 cm³/mol. The van der Waals surface area contributed by atoms with Gasteiger partial charge in [-0.2, -0.15) is 10.2 Å². The number of nitrogens with zero attached hydrogens (tertiary/aromatic N) is 3. The largest absolute Gasteiger partial charge is 0.383 e. The molecular formula is C14H20N4O. The van der Waals surface area contributed by atoms with Crippen LogP contribution in [-0.4, -0.2) is 50.6 Å². The summed E-state index contributed by atoms with van der Waals surface area (Å²) < 4.78 is 5.00. The van der Waals surface area contributed by atoms with E-state index in [2.05, 4.69) is 33.5 Å². The number of anilines is 1. The summed E-state index contributed by atoms with van der Waals surface area (Å²) in [7, 11) is 3.78. The minimum atomic E-state index is 0.740. The second-order valence-corrected chi connectivity index (χ2v) is 4.41. The van der Waals surface area contributed by atoms with Crippen molar-refractivity contribution in [1.29, 1.82) is 0 Å². The number of ether oxygens (including phenoxy) is 1. The molecule has 1 aromatic carbocycles. The molecule has 1 N–H and O–H groups in total. The zero-order valence-corrected chi connectivity index (χ0v) is 11.5. The molecule has 102 valence electrons. The molecule has 0 aliphatic rings. The fourth-order valence-electron chi connectivity index (χ4n) is 1.96. The Balaban J connectivity index is 1.99. The van der Waals surface area contributed by atoms with Crippen LogP contribution in [0.1, 0.15) is 0 Å². The van der Waals surface area contributed by atoms with E-state index in [1.165, 1.54) is 0 Å². The standard InChI is InChI=1S/C14H20N4O/c1-18(9-7-15-8-10-19-2)14-11-16-17-13-6-4-3-5-12(13)14/h3-6,11,15H,7-10H2,1-2H3. The van der Waals surface area contributed by atoms with E-state index in [0.29, 0.717) is 0 Å². The lowest BCUT2D eigenvalue weighted by atomic mass is 10.2. The molecule has 0 saturated heterocycles. The third-order valence-corrected chi connectivity index (χ3v) is 3.04. The van der Waals surface area contributed by atoms with Crippen LogP contribution < -0.4 is 10.2 Å². The maximum atomic E-state index is 5.00. The number of fused-ring (bicyclic) bond motifs is 1. The average molecular weight is 260 g/mol. The average Bonchev–Trinajstić information content (AvgIpc) is 2.46. The highest BCUT2D eigenvalue weighted by atomic mass is 16.5. The number of aromatic nitrogens is 2. The van der Waals surface area contributed by atoms with E-state index in [0.717, 1.165) is 42.8 Å². The van der Waals surface area contributed by atoms with E-state index in [1.807, 2.05) is 24.4 Å². The highest BCUT2D eigenvalue weighted by Gasteiger charge is 2.06. The molecule has 2 aromatic rings.